The molecule has 1 aromatic carbocycles. The number of benzene rings is 1. The van der Waals surface area contributed by atoms with E-state index in [2.05, 4.69) is 10.1 Å². The fourth-order valence-electron chi connectivity index (χ4n) is 2.96. The normalized spacial score (nSPS) is 19.1. The monoisotopic (exact) mass is 463 g/mol. The molecule has 1 aromatic rings. The number of halogens is 4. The first-order valence-corrected chi connectivity index (χ1v) is 9.77. The molecule has 1 fully saturated rings. The van der Waals surface area contributed by atoms with Crippen LogP contribution in [0, 0.1) is 5.21 Å². The summed E-state index contributed by atoms with van der Waals surface area (Å²) in [6.07, 6.45) is -5.55. The summed E-state index contributed by atoms with van der Waals surface area (Å²) in [5.74, 6) is -1.36. The molecule has 31 heavy (non-hydrogen) atoms. The number of fused-ring (bicyclic) bond motifs is 1. The molecule has 0 N–H and O–H groups in total. The Bertz CT molecular complexity index is 924. The molecule has 0 aliphatic carbocycles. The number of rotatable bonds is 5. The van der Waals surface area contributed by atoms with Crippen LogP contribution in [-0.2, 0) is 19.8 Å². The third kappa shape index (κ3) is 5.15. The summed E-state index contributed by atoms with van der Waals surface area (Å²) in [4.78, 5) is 17.0. The molecule has 3 rings (SSSR count). The maximum absolute atomic E-state index is 13.6. The van der Waals surface area contributed by atoms with Gasteiger partial charge in [-0.1, -0.05) is 32.4 Å². The fraction of sp³-hybridized carbons (Fsp3) is 0.526. The predicted molar refractivity (Wildman–Crippen MR) is 103 cm³/mol. The minimum atomic E-state index is -4.88. The number of carbonyl (C=O) groups is 1. The topological polar surface area (TPSA) is 86.4 Å². The van der Waals surface area contributed by atoms with Crippen LogP contribution in [0.4, 0.5) is 13.2 Å². The maximum Gasteiger partial charge on any atom is 0.430 e. The largest absolute Gasteiger partial charge is 0.569 e. The van der Waals surface area contributed by atoms with Gasteiger partial charge in [-0.3, -0.25) is 0 Å². The zero-order valence-electron chi connectivity index (χ0n) is 17.0. The number of ether oxygens (including phenoxy) is 2. The molecule has 2 aliphatic heterocycles. The summed E-state index contributed by atoms with van der Waals surface area (Å²) in [5.41, 5.74) is -0.393. The molecule has 2 aliphatic rings. The molecule has 0 radical (unpaired) electrons. The molecule has 170 valence electrons. The quantitative estimate of drug-likeness (QED) is 0.161. The Balaban J connectivity index is 1.80. The highest BCUT2D eigenvalue weighted by molar-refractivity contribution is 6.31. The first-order valence-electron chi connectivity index (χ1n) is 9.39. The summed E-state index contributed by atoms with van der Waals surface area (Å²) >= 11 is 6.28. The van der Waals surface area contributed by atoms with E-state index < -0.39 is 36.0 Å². The maximum atomic E-state index is 13.6. The van der Waals surface area contributed by atoms with Gasteiger partial charge in [0.1, 0.15) is 5.75 Å². The number of carbonyl (C=O) groups excluding carboxylic acids is 1. The average molecular weight is 464 g/mol. The zero-order chi connectivity index (χ0) is 23.0. The number of hydrazine groups is 1. The van der Waals surface area contributed by atoms with Crippen LogP contribution in [0.25, 0.3) is 6.08 Å². The van der Waals surface area contributed by atoms with Gasteiger partial charge in [-0.2, -0.15) is 13.2 Å². The first kappa shape index (κ1) is 23.0. The van der Waals surface area contributed by atoms with Gasteiger partial charge in [0.2, 0.25) is 11.4 Å². The number of hydrogen-bond acceptors (Lipinski definition) is 6. The van der Waals surface area contributed by atoms with Gasteiger partial charge in [-0.15, -0.1) is 5.01 Å². The molecule has 12 heteroatoms. The van der Waals surface area contributed by atoms with Gasteiger partial charge < -0.3 is 19.5 Å². The summed E-state index contributed by atoms with van der Waals surface area (Å²) < 4.78 is 50.6. The van der Waals surface area contributed by atoms with Gasteiger partial charge in [-0.25, -0.2) is 4.79 Å². The van der Waals surface area contributed by atoms with Crippen molar-refractivity contribution in [1.82, 2.24) is 5.01 Å². The zero-order valence-corrected chi connectivity index (χ0v) is 17.8. The highest BCUT2D eigenvalue weighted by atomic mass is 35.5. The Morgan fingerprint density at radius 1 is 1.35 bits per heavy atom. The summed E-state index contributed by atoms with van der Waals surface area (Å²) in [7, 11) is 0. The molecule has 1 atom stereocenters. The van der Waals surface area contributed by atoms with Crippen molar-refractivity contribution >= 4 is 23.6 Å². The number of hydrogen-bond donors (Lipinski definition) is 0. The van der Waals surface area contributed by atoms with Crippen molar-refractivity contribution in [3.8, 4) is 5.75 Å². The highest BCUT2D eigenvalue weighted by Gasteiger charge is 2.49. The van der Waals surface area contributed by atoms with E-state index in [0.717, 1.165) is 12.5 Å². The van der Waals surface area contributed by atoms with Crippen molar-refractivity contribution in [2.24, 2.45) is 5.28 Å². The van der Waals surface area contributed by atoms with E-state index in [1.54, 1.807) is 0 Å². The number of nitrogens with zero attached hydrogens (tertiary/aromatic N) is 3. The lowest BCUT2D eigenvalue weighted by Crippen LogP contribution is -2.42. The smallest absolute Gasteiger partial charge is 0.430 e. The lowest BCUT2D eigenvalue weighted by Gasteiger charge is -2.30. The second-order valence-electron chi connectivity index (χ2n) is 8.08. The van der Waals surface area contributed by atoms with Gasteiger partial charge in [0.25, 0.3) is 6.79 Å². The summed E-state index contributed by atoms with van der Waals surface area (Å²) in [6.45, 7) is 5.75. The van der Waals surface area contributed by atoms with Gasteiger partial charge in [-0.05, 0) is 35.6 Å². The van der Waals surface area contributed by atoms with Crippen LogP contribution in [-0.4, -0.2) is 48.1 Å². The third-order valence-electron chi connectivity index (χ3n) is 4.72. The molecular weight excluding hydrogens is 443 g/mol. The minimum absolute atomic E-state index is 0.0454. The van der Waals surface area contributed by atoms with Crippen LogP contribution in [0.1, 0.15) is 38.3 Å². The highest BCUT2D eigenvalue weighted by Crippen LogP contribution is 2.42. The number of alkyl halides is 3. The lowest BCUT2D eigenvalue weighted by atomic mass is 9.85. The van der Waals surface area contributed by atoms with Crippen LogP contribution in [0.2, 0.25) is 5.02 Å². The molecule has 2 heterocycles. The molecule has 0 aromatic heterocycles. The fourth-order valence-corrected chi connectivity index (χ4v) is 3.42. The summed E-state index contributed by atoms with van der Waals surface area (Å²) in [5, 5.41) is 16.2. The Morgan fingerprint density at radius 2 is 2.03 bits per heavy atom. The Labute approximate surface area is 181 Å². The van der Waals surface area contributed by atoms with E-state index in [9.17, 15) is 23.2 Å². The van der Waals surface area contributed by atoms with Crippen LogP contribution in [0.5, 0.6) is 5.75 Å². The van der Waals surface area contributed by atoms with Crippen molar-refractivity contribution in [1.29, 1.82) is 0 Å². The van der Waals surface area contributed by atoms with E-state index in [1.165, 1.54) is 17.1 Å². The molecule has 0 spiro atoms. The molecule has 0 unspecified atom stereocenters. The van der Waals surface area contributed by atoms with E-state index >= 15 is 0 Å². The molecule has 1 saturated heterocycles. The van der Waals surface area contributed by atoms with Crippen molar-refractivity contribution in [3.63, 3.8) is 0 Å². The van der Waals surface area contributed by atoms with Crippen LogP contribution in [0.15, 0.2) is 23.0 Å². The average Bonchev–Trinajstić information content (AvgIpc) is 2.60. The summed E-state index contributed by atoms with van der Waals surface area (Å²) in [6, 6.07) is 2.88. The Hall–Kier alpha value is -2.69. The predicted octanol–water partition coefficient (Wildman–Crippen LogP) is 4.36. The molecule has 0 amide bonds. The lowest BCUT2D eigenvalue weighted by molar-refractivity contribution is -0.723. The van der Waals surface area contributed by atoms with E-state index in [4.69, 9.17) is 21.1 Å². The van der Waals surface area contributed by atoms with Gasteiger partial charge >= 0.3 is 12.1 Å². The molecule has 0 bridgehead atoms. The Morgan fingerprint density at radius 3 is 2.58 bits per heavy atom. The van der Waals surface area contributed by atoms with Gasteiger partial charge in [0.05, 0.1) is 23.6 Å². The standard InChI is InChI=1S/C19H21ClF3N3O5/c1-18(2,3)13-9-15-11(8-14(13)20)7-12(16(31-15)19(21,22)23)17(27)29-10-30-24-26(28)25-5-4-6-25/h7-9,16H,4-6,10H2,1-3H3/b26-24-/t16-/m0/s1. The van der Waals surface area contributed by atoms with Crippen molar-refractivity contribution in [2.45, 2.75) is 44.9 Å². The van der Waals surface area contributed by atoms with Crippen molar-refractivity contribution in [2.75, 3.05) is 19.9 Å². The van der Waals surface area contributed by atoms with Crippen molar-refractivity contribution in [3.05, 3.63) is 39.1 Å². The van der Waals surface area contributed by atoms with Gasteiger partial charge in [0.15, 0.2) is 0 Å². The van der Waals surface area contributed by atoms with Crippen LogP contribution in [0.3, 0.4) is 0 Å². The molecule has 8 nitrogen and oxygen atoms in total. The number of esters is 1. The van der Waals surface area contributed by atoms with E-state index in [1.807, 2.05) is 20.8 Å². The van der Waals surface area contributed by atoms with Gasteiger partial charge in [0, 0.05) is 10.6 Å². The van der Waals surface area contributed by atoms with E-state index in [-0.39, 0.29) is 16.3 Å². The minimum Gasteiger partial charge on any atom is -0.569 e. The second-order valence-corrected chi connectivity index (χ2v) is 8.49. The van der Waals surface area contributed by atoms with Crippen LogP contribution >= 0.6 is 11.6 Å². The van der Waals surface area contributed by atoms with Crippen molar-refractivity contribution < 1.29 is 37.2 Å². The van der Waals surface area contributed by atoms with E-state index in [0.29, 0.717) is 23.7 Å². The molecule has 0 saturated carbocycles. The third-order valence-corrected chi connectivity index (χ3v) is 5.04. The Kier molecular flexibility index (Phi) is 6.26. The van der Waals surface area contributed by atoms with Crippen LogP contribution < -0.4 is 4.74 Å². The molecular formula is C19H21ClF3N3O5. The second kappa shape index (κ2) is 8.45. The SMILES string of the molecule is CC(C)(C)c1cc2c(cc1Cl)C=C(C(=O)OCO/N=[N+](\[O-])N1CCC1)[C@@H](C(F)(F)F)O2. The first-order chi connectivity index (χ1) is 14.4.